The fourth-order valence-corrected chi connectivity index (χ4v) is 2.89. The molecule has 0 saturated heterocycles. The van der Waals surface area contributed by atoms with E-state index >= 15 is 0 Å². The Morgan fingerprint density at radius 3 is 2.68 bits per heavy atom. The molecule has 1 aromatic rings. The lowest BCUT2D eigenvalue weighted by Crippen LogP contribution is -2.33. The van der Waals surface area contributed by atoms with Gasteiger partial charge < -0.3 is 10.0 Å². The fraction of sp³-hybridized carbons (Fsp3) is 0.625. The van der Waals surface area contributed by atoms with Crippen molar-refractivity contribution in [3.8, 4) is 0 Å². The van der Waals surface area contributed by atoms with Crippen molar-refractivity contribution in [3.63, 3.8) is 0 Å². The van der Waals surface area contributed by atoms with E-state index in [2.05, 4.69) is 11.8 Å². The van der Waals surface area contributed by atoms with Crippen LogP contribution < -0.4 is 0 Å². The number of rotatable bonds is 7. The zero-order valence-electron chi connectivity index (χ0n) is 11.7. The molecule has 1 aromatic carbocycles. The van der Waals surface area contributed by atoms with Gasteiger partial charge in [-0.1, -0.05) is 43.1 Å². The van der Waals surface area contributed by atoms with Crippen molar-refractivity contribution < 1.29 is 5.11 Å². The number of hydrogen-bond donors (Lipinski definition) is 1. The molecule has 0 bridgehead atoms. The smallest absolute Gasteiger partial charge is 0.0816 e. The molecule has 1 fully saturated rings. The SMILES string of the molecule is CCN(CCC(O)c1ccccc1Cl)CC1CCC1. The van der Waals surface area contributed by atoms with E-state index in [0.717, 1.165) is 31.0 Å². The lowest BCUT2D eigenvalue weighted by Gasteiger charge is -2.32. The van der Waals surface area contributed by atoms with Crippen LogP contribution in [0, 0.1) is 5.92 Å². The van der Waals surface area contributed by atoms with Crippen LogP contribution in [0.25, 0.3) is 0 Å². The average Bonchev–Trinajstić information content (AvgIpc) is 2.37. The molecule has 0 radical (unpaired) electrons. The van der Waals surface area contributed by atoms with Crippen molar-refractivity contribution in [3.05, 3.63) is 34.9 Å². The maximum absolute atomic E-state index is 10.2. The fourth-order valence-electron chi connectivity index (χ4n) is 2.62. The Balaban J connectivity index is 1.81. The van der Waals surface area contributed by atoms with Crippen LogP contribution in [-0.2, 0) is 0 Å². The molecule has 106 valence electrons. The Bertz CT molecular complexity index is 392. The summed E-state index contributed by atoms with van der Waals surface area (Å²) in [6.07, 6.45) is 4.45. The Kier molecular flexibility index (Phi) is 5.68. The topological polar surface area (TPSA) is 23.5 Å². The summed E-state index contributed by atoms with van der Waals surface area (Å²) in [5, 5.41) is 10.9. The van der Waals surface area contributed by atoms with Crippen molar-refractivity contribution in [1.82, 2.24) is 4.90 Å². The number of aliphatic hydroxyl groups is 1. The Labute approximate surface area is 121 Å². The lowest BCUT2D eigenvalue weighted by atomic mass is 9.85. The number of benzene rings is 1. The summed E-state index contributed by atoms with van der Waals surface area (Å²) in [6, 6.07) is 7.57. The van der Waals surface area contributed by atoms with Gasteiger partial charge in [0.15, 0.2) is 0 Å². The summed E-state index contributed by atoms with van der Waals surface area (Å²) in [7, 11) is 0. The predicted octanol–water partition coefficient (Wildman–Crippen LogP) is 3.89. The minimum Gasteiger partial charge on any atom is -0.388 e. The van der Waals surface area contributed by atoms with Crippen molar-refractivity contribution in [1.29, 1.82) is 0 Å². The van der Waals surface area contributed by atoms with Gasteiger partial charge in [-0.05, 0) is 43.4 Å². The van der Waals surface area contributed by atoms with Gasteiger partial charge in [-0.2, -0.15) is 0 Å². The minimum atomic E-state index is -0.454. The summed E-state index contributed by atoms with van der Waals surface area (Å²) in [4.78, 5) is 2.45. The first-order valence-electron chi connectivity index (χ1n) is 7.35. The number of aliphatic hydroxyl groups excluding tert-OH is 1. The van der Waals surface area contributed by atoms with E-state index in [1.807, 2.05) is 24.3 Å². The molecule has 2 rings (SSSR count). The van der Waals surface area contributed by atoms with Gasteiger partial charge in [-0.3, -0.25) is 0 Å². The van der Waals surface area contributed by atoms with Crippen LogP contribution in [-0.4, -0.2) is 29.6 Å². The van der Waals surface area contributed by atoms with Gasteiger partial charge in [0.2, 0.25) is 0 Å². The highest BCUT2D eigenvalue weighted by Crippen LogP contribution is 2.28. The zero-order chi connectivity index (χ0) is 13.7. The number of halogens is 1. The molecule has 0 aliphatic heterocycles. The Hall–Kier alpha value is -0.570. The maximum Gasteiger partial charge on any atom is 0.0816 e. The molecule has 1 aliphatic carbocycles. The second-order valence-corrected chi connectivity index (χ2v) is 5.92. The summed E-state index contributed by atoms with van der Waals surface area (Å²) >= 11 is 6.11. The summed E-state index contributed by atoms with van der Waals surface area (Å²) in [5.41, 5.74) is 0.851. The summed E-state index contributed by atoms with van der Waals surface area (Å²) in [5.74, 6) is 0.886. The normalized spacial score (nSPS) is 17.5. The third-order valence-electron chi connectivity index (χ3n) is 4.17. The van der Waals surface area contributed by atoms with Crippen LogP contribution in [0.1, 0.15) is 44.3 Å². The van der Waals surface area contributed by atoms with Gasteiger partial charge in [0.25, 0.3) is 0 Å². The van der Waals surface area contributed by atoms with Crippen molar-refractivity contribution in [2.75, 3.05) is 19.6 Å². The zero-order valence-corrected chi connectivity index (χ0v) is 12.4. The van der Waals surface area contributed by atoms with E-state index in [1.165, 1.54) is 25.8 Å². The number of nitrogens with zero attached hydrogens (tertiary/aromatic N) is 1. The molecule has 2 nitrogen and oxygen atoms in total. The molecule has 1 atom stereocenters. The first kappa shape index (κ1) is 14.8. The van der Waals surface area contributed by atoms with Gasteiger partial charge in [-0.15, -0.1) is 0 Å². The highest BCUT2D eigenvalue weighted by molar-refractivity contribution is 6.31. The molecule has 1 saturated carbocycles. The van der Waals surface area contributed by atoms with Gasteiger partial charge in [0.1, 0.15) is 0 Å². The van der Waals surface area contributed by atoms with Gasteiger partial charge in [-0.25, -0.2) is 0 Å². The van der Waals surface area contributed by atoms with Crippen LogP contribution in [0.3, 0.4) is 0 Å². The van der Waals surface area contributed by atoms with E-state index < -0.39 is 6.10 Å². The third kappa shape index (κ3) is 4.20. The van der Waals surface area contributed by atoms with E-state index in [1.54, 1.807) is 0 Å². The van der Waals surface area contributed by atoms with E-state index in [4.69, 9.17) is 11.6 Å². The highest BCUT2D eigenvalue weighted by Gasteiger charge is 2.20. The minimum absolute atomic E-state index is 0.454. The third-order valence-corrected chi connectivity index (χ3v) is 4.52. The second kappa shape index (κ2) is 7.28. The molecular formula is C16H24ClNO. The van der Waals surface area contributed by atoms with Crippen LogP contribution in [0.15, 0.2) is 24.3 Å². The van der Waals surface area contributed by atoms with Crippen LogP contribution in [0.5, 0.6) is 0 Å². The molecule has 1 N–H and O–H groups in total. The molecule has 1 aliphatic rings. The van der Waals surface area contributed by atoms with Gasteiger partial charge >= 0.3 is 0 Å². The molecule has 1 unspecified atom stereocenters. The Morgan fingerprint density at radius 1 is 1.37 bits per heavy atom. The molecule has 19 heavy (non-hydrogen) atoms. The quantitative estimate of drug-likeness (QED) is 0.820. The average molecular weight is 282 g/mol. The molecule has 0 amide bonds. The lowest BCUT2D eigenvalue weighted by molar-refractivity contribution is 0.126. The first-order valence-corrected chi connectivity index (χ1v) is 7.73. The molecule has 0 spiro atoms. The molecule has 0 aromatic heterocycles. The molecule has 3 heteroatoms. The predicted molar refractivity (Wildman–Crippen MR) is 80.5 cm³/mol. The van der Waals surface area contributed by atoms with E-state index in [0.29, 0.717) is 5.02 Å². The van der Waals surface area contributed by atoms with Gasteiger partial charge in [0, 0.05) is 18.1 Å². The van der Waals surface area contributed by atoms with Crippen molar-refractivity contribution >= 4 is 11.6 Å². The van der Waals surface area contributed by atoms with Crippen LogP contribution in [0.4, 0.5) is 0 Å². The second-order valence-electron chi connectivity index (χ2n) is 5.52. The van der Waals surface area contributed by atoms with Crippen LogP contribution >= 0.6 is 11.6 Å². The van der Waals surface area contributed by atoms with Crippen LogP contribution in [0.2, 0.25) is 5.02 Å². The Morgan fingerprint density at radius 2 is 2.11 bits per heavy atom. The summed E-state index contributed by atoms with van der Waals surface area (Å²) in [6.45, 7) is 5.39. The molecule has 0 heterocycles. The monoisotopic (exact) mass is 281 g/mol. The van der Waals surface area contributed by atoms with Crippen molar-refractivity contribution in [2.45, 2.75) is 38.7 Å². The molecular weight excluding hydrogens is 258 g/mol. The largest absolute Gasteiger partial charge is 0.388 e. The number of hydrogen-bond acceptors (Lipinski definition) is 2. The maximum atomic E-state index is 10.2. The highest BCUT2D eigenvalue weighted by atomic mass is 35.5. The van der Waals surface area contributed by atoms with E-state index in [-0.39, 0.29) is 0 Å². The van der Waals surface area contributed by atoms with Crippen molar-refractivity contribution in [2.24, 2.45) is 5.92 Å². The standard InChI is InChI=1S/C16H24ClNO/c1-2-18(12-13-6-5-7-13)11-10-16(19)14-8-3-4-9-15(14)17/h3-4,8-9,13,16,19H,2,5-7,10-12H2,1H3. The van der Waals surface area contributed by atoms with E-state index in [9.17, 15) is 5.11 Å². The van der Waals surface area contributed by atoms with Gasteiger partial charge in [0.05, 0.1) is 6.10 Å². The summed E-state index contributed by atoms with van der Waals surface area (Å²) < 4.78 is 0. The first-order chi connectivity index (χ1) is 9.20.